The van der Waals surface area contributed by atoms with Crippen LogP contribution in [0.3, 0.4) is 0 Å². The Kier molecular flexibility index (Phi) is 7.27. The van der Waals surface area contributed by atoms with Crippen LogP contribution in [-0.2, 0) is 9.57 Å². The van der Waals surface area contributed by atoms with Gasteiger partial charge in [0.15, 0.2) is 0 Å². The zero-order valence-electron chi connectivity index (χ0n) is 18.9. The molecule has 0 aromatic heterocycles. The number of anilines is 1. The van der Waals surface area contributed by atoms with E-state index in [4.69, 9.17) is 21.2 Å². The van der Waals surface area contributed by atoms with E-state index in [9.17, 15) is 9.59 Å². The molecule has 0 aliphatic carbocycles. The number of amides is 2. The van der Waals surface area contributed by atoms with Crippen LogP contribution in [0.4, 0.5) is 21.0 Å². The van der Waals surface area contributed by atoms with Crippen LogP contribution in [0.25, 0.3) is 0 Å². The summed E-state index contributed by atoms with van der Waals surface area (Å²) in [6.45, 7) is 0. The molecule has 3 aromatic carbocycles. The van der Waals surface area contributed by atoms with Crippen molar-refractivity contribution in [3.05, 3.63) is 95.0 Å². The Balaban J connectivity index is 1.70. The van der Waals surface area contributed by atoms with Gasteiger partial charge < -0.3 is 14.5 Å². The number of carbonyl (C=O) groups excluding carboxylic acids is 2. The highest BCUT2D eigenvalue weighted by atomic mass is 35.5. The van der Waals surface area contributed by atoms with Gasteiger partial charge in [-0.05, 0) is 30.3 Å². The first-order chi connectivity index (χ1) is 16.9. The largest absolute Gasteiger partial charge is 0.435 e. The number of amidine groups is 1. The number of hydroxylamine groups is 1. The van der Waals surface area contributed by atoms with Crippen LogP contribution < -0.4 is 10.8 Å². The molecular formula is C25H22ClN5O4. The zero-order valence-corrected chi connectivity index (χ0v) is 19.7. The van der Waals surface area contributed by atoms with Crippen molar-refractivity contribution in [2.75, 3.05) is 19.4 Å². The summed E-state index contributed by atoms with van der Waals surface area (Å²) in [4.78, 5) is 40.4. The third kappa shape index (κ3) is 5.96. The molecule has 1 atom stereocenters. The van der Waals surface area contributed by atoms with Gasteiger partial charge in [-0.15, -0.1) is 0 Å². The summed E-state index contributed by atoms with van der Waals surface area (Å²) in [7, 11) is 3.09. The van der Waals surface area contributed by atoms with E-state index in [1.54, 1.807) is 56.6 Å². The fraction of sp³-hybridized carbons (Fsp3) is 0.120. The van der Waals surface area contributed by atoms with Gasteiger partial charge >= 0.3 is 12.2 Å². The minimum absolute atomic E-state index is 0.00193. The highest BCUT2D eigenvalue weighted by Gasteiger charge is 2.28. The number of benzene rings is 3. The van der Waals surface area contributed by atoms with Gasteiger partial charge in [0.25, 0.3) is 6.23 Å². The summed E-state index contributed by atoms with van der Waals surface area (Å²) < 4.78 is 5.57. The molecule has 2 N–H and O–H groups in total. The number of para-hydroxylation sites is 1. The molecule has 2 amide bonds. The van der Waals surface area contributed by atoms with Crippen LogP contribution in [-0.4, -0.2) is 49.0 Å². The van der Waals surface area contributed by atoms with E-state index in [2.05, 4.69) is 20.8 Å². The van der Waals surface area contributed by atoms with Crippen molar-refractivity contribution < 1.29 is 19.2 Å². The predicted octanol–water partition coefficient (Wildman–Crippen LogP) is 5.00. The Hall–Kier alpha value is -4.37. The number of hydrogen-bond donors (Lipinski definition) is 2. The standard InChI is InChI=1S/C25H22ClN5O4/c1-31(2)25(33)34-23-22(30-35-24(32)27-18-11-7-4-8-12-18)28-20-14-13-17(26)15-19(20)21(29-23)16-9-5-3-6-10-16/h3-15,23H,1-2H3,(H,27,32)(H,28,30). The Bertz CT molecular complexity index is 1280. The van der Waals surface area contributed by atoms with Gasteiger partial charge in [0.2, 0.25) is 5.84 Å². The van der Waals surface area contributed by atoms with E-state index < -0.39 is 18.4 Å². The number of hydrogen-bond acceptors (Lipinski definition) is 7. The Morgan fingerprint density at radius 2 is 1.66 bits per heavy atom. The SMILES string of the molecule is CN(C)C(=O)OC1N=C(c2ccccc2)c2cc(Cl)ccc2N=C1NOC(=O)Nc1ccccc1. The van der Waals surface area contributed by atoms with E-state index in [0.29, 0.717) is 27.7 Å². The second-order valence-corrected chi connectivity index (χ2v) is 8.05. The number of ether oxygens (including phenoxy) is 1. The molecule has 0 radical (unpaired) electrons. The smallest absolute Gasteiger partial charge is 0.416 e. The Morgan fingerprint density at radius 3 is 2.34 bits per heavy atom. The molecule has 0 bridgehead atoms. The highest BCUT2D eigenvalue weighted by Crippen LogP contribution is 2.29. The summed E-state index contributed by atoms with van der Waals surface area (Å²) in [5, 5.41) is 3.07. The molecule has 1 aliphatic rings. The minimum Gasteiger partial charge on any atom is -0.416 e. The molecule has 0 spiro atoms. The van der Waals surface area contributed by atoms with Gasteiger partial charge in [0, 0.05) is 35.9 Å². The van der Waals surface area contributed by atoms with Crippen molar-refractivity contribution in [3.8, 4) is 0 Å². The molecule has 9 nitrogen and oxygen atoms in total. The normalized spacial score (nSPS) is 14.4. The average molecular weight is 492 g/mol. The number of halogens is 1. The lowest BCUT2D eigenvalue weighted by Gasteiger charge is -2.19. The fourth-order valence-corrected chi connectivity index (χ4v) is 3.35. The number of nitrogens with one attached hydrogen (secondary N) is 2. The first-order valence-corrected chi connectivity index (χ1v) is 11.0. The van der Waals surface area contributed by atoms with Crippen LogP contribution in [0.1, 0.15) is 11.1 Å². The van der Waals surface area contributed by atoms with Gasteiger partial charge in [0.1, 0.15) is 0 Å². The molecule has 10 heteroatoms. The van der Waals surface area contributed by atoms with E-state index in [1.165, 1.54) is 4.90 Å². The van der Waals surface area contributed by atoms with Gasteiger partial charge in [0.05, 0.1) is 11.4 Å². The second-order valence-electron chi connectivity index (χ2n) is 7.62. The lowest BCUT2D eigenvalue weighted by Crippen LogP contribution is -2.40. The molecule has 3 aromatic rings. The van der Waals surface area contributed by atoms with Crippen LogP contribution >= 0.6 is 11.6 Å². The van der Waals surface area contributed by atoms with Crippen molar-refractivity contribution in [2.45, 2.75) is 6.23 Å². The maximum absolute atomic E-state index is 12.4. The monoisotopic (exact) mass is 491 g/mol. The van der Waals surface area contributed by atoms with Crippen LogP contribution in [0.2, 0.25) is 5.02 Å². The number of aliphatic imine (C=N–C) groups is 2. The molecule has 1 unspecified atom stereocenters. The zero-order chi connectivity index (χ0) is 24.8. The van der Waals surface area contributed by atoms with E-state index in [-0.39, 0.29) is 5.84 Å². The van der Waals surface area contributed by atoms with Gasteiger partial charge in [-0.3, -0.25) is 5.32 Å². The lowest BCUT2D eigenvalue weighted by atomic mass is 10.0. The van der Waals surface area contributed by atoms with Crippen molar-refractivity contribution >= 4 is 46.7 Å². The van der Waals surface area contributed by atoms with Crippen LogP contribution in [0.15, 0.2) is 88.8 Å². The third-order valence-electron chi connectivity index (χ3n) is 4.83. The third-order valence-corrected chi connectivity index (χ3v) is 5.06. The molecule has 178 valence electrons. The van der Waals surface area contributed by atoms with E-state index in [1.807, 2.05) is 36.4 Å². The first kappa shape index (κ1) is 23.8. The molecular weight excluding hydrogens is 470 g/mol. The van der Waals surface area contributed by atoms with Crippen molar-refractivity contribution in [3.63, 3.8) is 0 Å². The molecule has 4 rings (SSSR count). The second kappa shape index (κ2) is 10.7. The number of fused-ring (bicyclic) bond motifs is 1. The summed E-state index contributed by atoms with van der Waals surface area (Å²) in [5.41, 5.74) is 5.44. The Morgan fingerprint density at radius 1 is 0.971 bits per heavy atom. The summed E-state index contributed by atoms with van der Waals surface area (Å²) in [5.74, 6) is -0.00193. The van der Waals surface area contributed by atoms with E-state index >= 15 is 0 Å². The maximum Gasteiger partial charge on any atom is 0.435 e. The summed E-state index contributed by atoms with van der Waals surface area (Å²) in [6.07, 6.45) is -2.68. The highest BCUT2D eigenvalue weighted by molar-refractivity contribution is 6.31. The Labute approximate surface area is 207 Å². The predicted molar refractivity (Wildman–Crippen MR) is 134 cm³/mol. The molecule has 0 saturated heterocycles. The molecule has 1 aliphatic heterocycles. The maximum atomic E-state index is 12.4. The molecule has 0 fully saturated rings. The van der Waals surface area contributed by atoms with Crippen LogP contribution in [0.5, 0.6) is 0 Å². The van der Waals surface area contributed by atoms with Crippen LogP contribution in [0, 0.1) is 0 Å². The molecule has 1 heterocycles. The minimum atomic E-state index is -1.24. The number of nitrogens with zero attached hydrogens (tertiary/aromatic N) is 3. The topological polar surface area (TPSA) is 105 Å². The number of rotatable bonds is 3. The fourth-order valence-electron chi connectivity index (χ4n) is 3.17. The van der Waals surface area contributed by atoms with Gasteiger partial charge in [-0.2, -0.15) is 5.48 Å². The first-order valence-electron chi connectivity index (χ1n) is 10.6. The van der Waals surface area contributed by atoms with Crippen molar-refractivity contribution in [2.24, 2.45) is 9.98 Å². The number of carbonyl (C=O) groups is 2. The van der Waals surface area contributed by atoms with Crippen molar-refractivity contribution in [1.82, 2.24) is 10.4 Å². The summed E-state index contributed by atoms with van der Waals surface area (Å²) >= 11 is 6.27. The average Bonchev–Trinajstić information content (AvgIpc) is 3.00. The summed E-state index contributed by atoms with van der Waals surface area (Å²) in [6, 6.07) is 23.3. The molecule has 0 saturated carbocycles. The van der Waals surface area contributed by atoms with Gasteiger partial charge in [-0.25, -0.2) is 19.6 Å². The van der Waals surface area contributed by atoms with Crippen molar-refractivity contribution in [1.29, 1.82) is 0 Å². The van der Waals surface area contributed by atoms with E-state index in [0.717, 1.165) is 5.56 Å². The molecule has 35 heavy (non-hydrogen) atoms. The quantitative estimate of drug-likeness (QED) is 0.502. The van der Waals surface area contributed by atoms with Gasteiger partial charge in [-0.1, -0.05) is 60.1 Å². The lowest BCUT2D eigenvalue weighted by molar-refractivity contribution is 0.0927.